The van der Waals surface area contributed by atoms with Crippen LogP contribution >= 0.6 is 0 Å². The minimum absolute atomic E-state index is 0.0832. The standard InChI is InChI=1S/C19H25N5O4/c1-27-15-4-3-13(9-16(15)28-2)12-24-8-7-22-19(26)14(24)10-18(25)23-11-17-20-5-6-21-17/h3-6,9,14H,7-8,10-12H2,1-2H3,(H,20,21)(H,22,26)(H,23,25)/t14-/m0/s1. The largest absolute Gasteiger partial charge is 0.493 e. The lowest BCUT2D eigenvalue weighted by molar-refractivity contribution is -0.134. The number of hydrogen-bond donors (Lipinski definition) is 3. The van der Waals surface area contributed by atoms with E-state index >= 15 is 0 Å². The molecule has 0 spiro atoms. The van der Waals surface area contributed by atoms with Crippen LogP contribution in [0, 0.1) is 0 Å². The fourth-order valence-corrected chi connectivity index (χ4v) is 3.21. The van der Waals surface area contributed by atoms with E-state index in [-0.39, 0.29) is 18.2 Å². The van der Waals surface area contributed by atoms with Crippen molar-refractivity contribution in [2.24, 2.45) is 0 Å². The van der Waals surface area contributed by atoms with Crippen molar-refractivity contribution < 1.29 is 19.1 Å². The van der Waals surface area contributed by atoms with E-state index in [9.17, 15) is 9.59 Å². The van der Waals surface area contributed by atoms with Gasteiger partial charge in [-0.15, -0.1) is 0 Å². The number of aromatic nitrogens is 2. The summed E-state index contributed by atoms with van der Waals surface area (Å²) in [6.45, 7) is 2.05. The van der Waals surface area contributed by atoms with Crippen molar-refractivity contribution >= 4 is 11.8 Å². The van der Waals surface area contributed by atoms with E-state index in [0.717, 1.165) is 5.56 Å². The molecular formula is C19H25N5O4. The van der Waals surface area contributed by atoms with Gasteiger partial charge in [0.05, 0.1) is 33.2 Å². The maximum Gasteiger partial charge on any atom is 0.237 e. The van der Waals surface area contributed by atoms with Gasteiger partial charge in [-0.25, -0.2) is 4.98 Å². The molecule has 9 nitrogen and oxygen atoms in total. The summed E-state index contributed by atoms with van der Waals surface area (Å²) in [5, 5.41) is 5.63. The van der Waals surface area contributed by atoms with Gasteiger partial charge in [-0.05, 0) is 17.7 Å². The van der Waals surface area contributed by atoms with Crippen LogP contribution in [0.4, 0.5) is 0 Å². The van der Waals surface area contributed by atoms with Crippen molar-refractivity contribution in [3.63, 3.8) is 0 Å². The SMILES string of the molecule is COc1ccc(CN2CCNC(=O)[C@@H]2CC(=O)NCc2ncc[nH]2)cc1OC. The summed E-state index contributed by atoms with van der Waals surface area (Å²) in [5.74, 6) is 1.62. The van der Waals surface area contributed by atoms with Gasteiger partial charge in [-0.3, -0.25) is 14.5 Å². The molecule has 1 atom stereocenters. The van der Waals surface area contributed by atoms with Gasteiger partial charge in [-0.1, -0.05) is 6.07 Å². The van der Waals surface area contributed by atoms with Gasteiger partial charge in [0.15, 0.2) is 11.5 Å². The Kier molecular flexibility index (Phi) is 6.49. The zero-order chi connectivity index (χ0) is 19.9. The number of carbonyl (C=O) groups is 2. The predicted molar refractivity (Wildman–Crippen MR) is 102 cm³/mol. The lowest BCUT2D eigenvalue weighted by Crippen LogP contribution is -2.56. The van der Waals surface area contributed by atoms with Crippen molar-refractivity contribution in [1.29, 1.82) is 0 Å². The molecule has 2 amide bonds. The number of benzene rings is 1. The number of imidazole rings is 1. The van der Waals surface area contributed by atoms with Crippen LogP contribution in [-0.2, 0) is 22.7 Å². The number of ether oxygens (including phenoxy) is 2. The number of aromatic amines is 1. The van der Waals surface area contributed by atoms with Crippen molar-refractivity contribution in [3.8, 4) is 11.5 Å². The number of nitrogens with one attached hydrogen (secondary N) is 3. The molecule has 1 aromatic heterocycles. The first-order valence-electron chi connectivity index (χ1n) is 9.08. The second-order valence-electron chi connectivity index (χ2n) is 6.48. The molecule has 150 valence electrons. The summed E-state index contributed by atoms with van der Waals surface area (Å²) in [5.41, 5.74) is 0.980. The van der Waals surface area contributed by atoms with Crippen molar-refractivity contribution in [3.05, 3.63) is 42.0 Å². The minimum atomic E-state index is -0.529. The zero-order valence-electron chi connectivity index (χ0n) is 16.0. The molecular weight excluding hydrogens is 362 g/mol. The molecule has 0 radical (unpaired) electrons. The monoisotopic (exact) mass is 387 g/mol. The minimum Gasteiger partial charge on any atom is -0.493 e. The summed E-state index contributed by atoms with van der Waals surface area (Å²) in [4.78, 5) is 33.7. The summed E-state index contributed by atoms with van der Waals surface area (Å²) in [6.07, 6.45) is 3.40. The van der Waals surface area contributed by atoms with E-state index in [4.69, 9.17) is 9.47 Å². The molecule has 1 fully saturated rings. The number of rotatable bonds is 8. The molecule has 0 unspecified atom stereocenters. The molecule has 0 aliphatic carbocycles. The topological polar surface area (TPSA) is 109 Å². The summed E-state index contributed by atoms with van der Waals surface area (Å²) < 4.78 is 10.6. The Morgan fingerprint density at radius 2 is 2.14 bits per heavy atom. The fourth-order valence-electron chi connectivity index (χ4n) is 3.21. The molecule has 1 saturated heterocycles. The quantitative estimate of drug-likeness (QED) is 0.606. The molecule has 1 aliphatic heterocycles. The van der Waals surface area contributed by atoms with Gasteiger partial charge in [0.2, 0.25) is 11.8 Å². The normalized spacial score (nSPS) is 17.1. The number of H-pyrrole nitrogens is 1. The lowest BCUT2D eigenvalue weighted by Gasteiger charge is -2.34. The van der Waals surface area contributed by atoms with Gasteiger partial charge < -0.3 is 25.1 Å². The van der Waals surface area contributed by atoms with E-state index in [1.54, 1.807) is 26.6 Å². The number of piperazine rings is 1. The second-order valence-corrected chi connectivity index (χ2v) is 6.48. The predicted octanol–water partition coefficient (Wildman–Crippen LogP) is 0.434. The van der Waals surface area contributed by atoms with E-state index < -0.39 is 6.04 Å². The third-order valence-electron chi connectivity index (χ3n) is 4.66. The summed E-state index contributed by atoms with van der Waals surface area (Å²) >= 11 is 0. The highest BCUT2D eigenvalue weighted by Gasteiger charge is 2.31. The van der Waals surface area contributed by atoms with E-state index in [1.165, 1.54) is 0 Å². The number of nitrogens with zero attached hydrogens (tertiary/aromatic N) is 2. The van der Waals surface area contributed by atoms with Crippen LogP contribution in [0.25, 0.3) is 0 Å². The van der Waals surface area contributed by atoms with Crippen LogP contribution in [0.15, 0.2) is 30.6 Å². The molecule has 3 N–H and O–H groups in total. The number of amides is 2. The maximum absolute atomic E-state index is 12.4. The van der Waals surface area contributed by atoms with Gasteiger partial charge in [0.1, 0.15) is 5.82 Å². The highest BCUT2D eigenvalue weighted by atomic mass is 16.5. The van der Waals surface area contributed by atoms with Crippen LogP contribution < -0.4 is 20.1 Å². The van der Waals surface area contributed by atoms with Crippen molar-refractivity contribution in [2.75, 3.05) is 27.3 Å². The van der Waals surface area contributed by atoms with Crippen LogP contribution in [0.2, 0.25) is 0 Å². The van der Waals surface area contributed by atoms with Crippen molar-refractivity contribution in [1.82, 2.24) is 25.5 Å². The van der Waals surface area contributed by atoms with Gasteiger partial charge in [-0.2, -0.15) is 0 Å². The highest BCUT2D eigenvalue weighted by molar-refractivity contribution is 5.88. The molecule has 2 aromatic rings. The second kappa shape index (κ2) is 9.23. The van der Waals surface area contributed by atoms with Crippen LogP contribution in [-0.4, -0.2) is 60.0 Å². The maximum atomic E-state index is 12.4. The third-order valence-corrected chi connectivity index (χ3v) is 4.66. The third kappa shape index (κ3) is 4.80. The van der Waals surface area contributed by atoms with Gasteiger partial charge >= 0.3 is 0 Å². The number of methoxy groups -OCH3 is 2. The Morgan fingerprint density at radius 3 is 2.86 bits per heavy atom. The number of hydrogen-bond acceptors (Lipinski definition) is 6. The first-order valence-corrected chi connectivity index (χ1v) is 9.08. The fraction of sp³-hybridized carbons (Fsp3) is 0.421. The zero-order valence-corrected chi connectivity index (χ0v) is 16.0. The molecule has 0 saturated carbocycles. The molecule has 28 heavy (non-hydrogen) atoms. The Hall–Kier alpha value is -3.07. The highest BCUT2D eigenvalue weighted by Crippen LogP contribution is 2.28. The molecule has 0 bridgehead atoms. The van der Waals surface area contributed by atoms with Crippen LogP contribution in [0.5, 0.6) is 11.5 Å². The van der Waals surface area contributed by atoms with E-state index in [2.05, 4.69) is 20.6 Å². The molecule has 2 heterocycles. The van der Waals surface area contributed by atoms with E-state index in [1.807, 2.05) is 23.1 Å². The Balaban J connectivity index is 1.65. The number of carbonyl (C=O) groups excluding carboxylic acids is 2. The lowest BCUT2D eigenvalue weighted by atomic mass is 10.1. The molecule has 9 heteroatoms. The Bertz CT molecular complexity index is 809. The summed E-state index contributed by atoms with van der Waals surface area (Å²) in [6, 6.07) is 5.13. The Morgan fingerprint density at radius 1 is 1.32 bits per heavy atom. The molecule has 1 aliphatic rings. The molecule has 1 aromatic carbocycles. The van der Waals surface area contributed by atoms with Crippen LogP contribution in [0.1, 0.15) is 17.8 Å². The average Bonchev–Trinajstić information content (AvgIpc) is 3.22. The first kappa shape index (κ1) is 19.7. The summed E-state index contributed by atoms with van der Waals surface area (Å²) in [7, 11) is 3.17. The smallest absolute Gasteiger partial charge is 0.237 e. The Labute approximate surface area is 163 Å². The van der Waals surface area contributed by atoms with Gasteiger partial charge in [0.25, 0.3) is 0 Å². The van der Waals surface area contributed by atoms with Gasteiger partial charge in [0, 0.05) is 32.0 Å². The van der Waals surface area contributed by atoms with Crippen LogP contribution in [0.3, 0.4) is 0 Å². The first-order chi connectivity index (χ1) is 13.6. The average molecular weight is 387 g/mol. The van der Waals surface area contributed by atoms with Crippen molar-refractivity contribution in [2.45, 2.75) is 25.6 Å². The van der Waals surface area contributed by atoms with E-state index in [0.29, 0.717) is 43.5 Å². The molecule has 3 rings (SSSR count).